The summed E-state index contributed by atoms with van der Waals surface area (Å²) in [6, 6.07) is 21.5. The van der Waals surface area contributed by atoms with E-state index in [1.54, 1.807) is 6.07 Å². The zero-order valence-corrected chi connectivity index (χ0v) is 24.7. The molecular formula is C34H44FN5O2. The SMILES string of the molecule is C[C@H]1CN(Cc2cccc(-c3cc(CNC(=O)c4cccc(CN5CCN(CCCO)CC5)c4)ccc3F)c2)CCN1. The molecule has 1 amide bonds. The van der Waals surface area contributed by atoms with Gasteiger partial charge in [-0.1, -0.05) is 36.4 Å². The molecule has 8 heteroatoms. The van der Waals surface area contributed by atoms with Gasteiger partial charge < -0.3 is 20.6 Å². The predicted molar refractivity (Wildman–Crippen MR) is 166 cm³/mol. The first-order valence-electron chi connectivity index (χ1n) is 15.2. The van der Waals surface area contributed by atoms with Gasteiger partial charge in [0.15, 0.2) is 0 Å². The summed E-state index contributed by atoms with van der Waals surface area (Å²) in [6.07, 6.45) is 0.820. The number of benzene rings is 3. The normalized spacial score (nSPS) is 18.7. The highest BCUT2D eigenvalue weighted by molar-refractivity contribution is 5.94. The molecule has 0 radical (unpaired) electrons. The van der Waals surface area contributed by atoms with E-state index in [2.05, 4.69) is 50.5 Å². The summed E-state index contributed by atoms with van der Waals surface area (Å²) >= 11 is 0. The minimum atomic E-state index is -0.264. The number of halogens is 1. The van der Waals surface area contributed by atoms with E-state index in [4.69, 9.17) is 5.11 Å². The monoisotopic (exact) mass is 573 g/mol. The summed E-state index contributed by atoms with van der Waals surface area (Å²) in [5.74, 6) is -0.399. The minimum absolute atomic E-state index is 0.135. The van der Waals surface area contributed by atoms with E-state index >= 15 is 0 Å². The molecule has 0 aromatic heterocycles. The second kappa shape index (κ2) is 14.8. The van der Waals surface area contributed by atoms with Crippen LogP contribution >= 0.6 is 0 Å². The number of hydrogen-bond donors (Lipinski definition) is 3. The van der Waals surface area contributed by atoms with E-state index < -0.39 is 0 Å². The van der Waals surface area contributed by atoms with Crippen LogP contribution in [0.2, 0.25) is 0 Å². The Morgan fingerprint density at radius 1 is 0.905 bits per heavy atom. The molecule has 2 heterocycles. The number of nitrogens with one attached hydrogen (secondary N) is 2. The third-order valence-corrected chi connectivity index (χ3v) is 8.27. The number of carbonyl (C=O) groups excluding carboxylic acids is 1. The Hall–Kier alpha value is -3.14. The molecule has 2 saturated heterocycles. The van der Waals surface area contributed by atoms with Crippen LogP contribution in [0.3, 0.4) is 0 Å². The van der Waals surface area contributed by atoms with Crippen molar-refractivity contribution in [3.63, 3.8) is 0 Å². The van der Waals surface area contributed by atoms with Gasteiger partial charge in [-0.15, -0.1) is 0 Å². The average molecular weight is 574 g/mol. The Kier molecular flexibility index (Phi) is 10.7. The first-order valence-corrected chi connectivity index (χ1v) is 15.2. The van der Waals surface area contributed by atoms with Crippen LogP contribution < -0.4 is 10.6 Å². The third-order valence-electron chi connectivity index (χ3n) is 8.27. The Morgan fingerprint density at radius 3 is 2.43 bits per heavy atom. The Morgan fingerprint density at radius 2 is 1.64 bits per heavy atom. The van der Waals surface area contributed by atoms with Crippen LogP contribution in [0.5, 0.6) is 0 Å². The van der Waals surface area contributed by atoms with E-state index in [1.165, 1.54) is 11.6 Å². The zero-order valence-electron chi connectivity index (χ0n) is 24.7. The van der Waals surface area contributed by atoms with Crippen molar-refractivity contribution in [3.05, 3.63) is 94.8 Å². The first kappa shape index (κ1) is 30.3. The van der Waals surface area contributed by atoms with Crippen LogP contribution in [0.4, 0.5) is 4.39 Å². The highest BCUT2D eigenvalue weighted by Gasteiger charge is 2.18. The lowest BCUT2D eigenvalue weighted by Gasteiger charge is -2.34. The third kappa shape index (κ3) is 8.46. The standard InChI is InChI=1S/C34H44FN5O2/c1-26-23-40(13-11-36-26)25-28-5-2-7-30(19-28)32-21-27(9-10-33(32)35)22-37-34(42)31-8-3-6-29(20-31)24-39-16-14-38(15-17-39)12-4-18-41/h2-3,5-10,19-21,26,36,41H,4,11-18,22-25H2,1H3,(H,37,42)/t26-/m0/s1. The van der Waals surface area contributed by atoms with Crippen molar-refractivity contribution < 1.29 is 14.3 Å². The lowest BCUT2D eigenvalue weighted by Crippen LogP contribution is -2.48. The molecule has 5 rings (SSSR count). The Labute approximate surface area is 249 Å². The van der Waals surface area contributed by atoms with Gasteiger partial charge in [-0.3, -0.25) is 14.6 Å². The number of carbonyl (C=O) groups is 1. The van der Waals surface area contributed by atoms with Crippen LogP contribution in [0.15, 0.2) is 66.7 Å². The van der Waals surface area contributed by atoms with Crippen LogP contribution in [-0.4, -0.2) is 90.7 Å². The van der Waals surface area contributed by atoms with Crippen molar-refractivity contribution in [2.45, 2.75) is 39.0 Å². The lowest BCUT2D eigenvalue weighted by atomic mass is 10.00. The van der Waals surface area contributed by atoms with Crippen molar-refractivity contribution in [2.24, 2.45) is 0 Å². The molecule has 2 aliphatic heterocycles. The second-order valence-electron chi connectivity index (χ2n) is 11.7. The van der Waals surface area contributed by atoms with Gasteiger partial charge in [-0.05, 0) is 65.9 Å². The van der Waals surface area contributed by atoms with Crippen molar-refractivity contribution in [1.29, 1.82) is 0 Å². The summed E-state index contributed by atoms with van der Waals surface area (Å²) in [7, 11) is 0. The van der Waals surface area contributed by atoms with Gasteiger partial charge in [0.05, 0.1) is 0 Å². The quantitative estimate of drug-likeness (QED) is 0.325. The number of aliphatic hydroxyl groups excluding tert-OH is 1. The highest BCUT2D eigenvalue weighted by Crippen LogP contribution is 2.26. The van der Waals surface area contributed by atoms with Gasteiger partial charge in [0.2, 0.25) is 0 Å². The van der Waals surface area contributed by atoms with Crippen LogP contribution in [0.25, 0.3) is 11.1 Å². The maximum Gasteiger partial charge on any atom is 0.251 e. The zero-order chi connectivity index (χ0) is 29.3. The number of rotatable bonds is 11. The number of amides is 1. The molecule has 7 nitrogen and oxygen atoms in total. The maximum atomic E-state index is 15.0. The highest BCUT2D eigenvalue weighted by atomic mass is 19.1. The van der Waals surface area contributed by atoms with Gasteiger partial charge in [-0.25, -0.2) is 4.39 Å². The first-order chi connectivity index (χ1) is 20.5. The van der Waals surface area contributed by atoms with Gasteiger partial charge in [0.25, 0.3) is 5.91 Å². The number of nitrogens with zero attached hydrogens (tertiary/aromatic N) is 3. The van der Waals surface area contributed by atoms with E-state index in [9.17, 15) is 9.18 Å². The molecule has 3 aromatic carbocycles. The molecule has 0 spiro atoms. The lowest BCUT2D eigenvalue weighted by molar-refractivity contribution is 0.0950. The molecule has 0 aliphatic carbocycles. The van der Waals surface area contributed by atoms with Crippen molar-refractivity contribution in [1.82, 2.24) is 25.3 Å². The molecule has 0 saturated carbocycles. The molecule has 0 bridgehead atoms. The molecule has 3 N–H and O–H groups in total. The van der Waals surface area contributed by atoms with E-state index in [1.807, 2.05) is 36.4 Å². The number of aliphatic hydroxyl groups is 1. The topological polar surface area (TPSA) is 71.1 Å². The molecule has 2 aliphatic rings. The average Bonchev–Trinajstić information content (AvgIpc) is 3.00. The van der Waals surface area contributed by atoms with Gasteiger partial charge in [0.1, 0.15) is 5.82 Å². The Balaban J connectivity index is 1.17. The van der Waals surface area contributed by atoms with E-state index in [0.29, 0.717) is 23.7 Å². The fourth-order valence-corrected chi connectivity index (χ4v) is 5.97. The summed E-state index contributed by atoms with van der Waals surface area (Å²) in [5.41, 5.74) is 5.18. The van der Waals surface area contributed by atoms with Crippen molar-refractivity contribution in [2.75, 3.05) is 59.0 Å². The summed E-state index contributed by atoms with van der Waals surface area (Å²) in [4.78, 5) is 20.3. The molecule has 224 valence electrons. The fraction of sp³-hybridized carbons (Fsp3) is 0.441. The molecule has 1 atom stereocenters. The van der Waals surface area contributed by atoms with E-state index in [0.717, 1.165) is 88.6 Å². The smallest absolute Gasteiger partial charge is 0.251 e. The molecule has 2 fully saturated rings. The fourth-order valence-electron chi connectivity index (χ4n) is 5.97. The molecular weight excluding hydrogens is 529 g/mol. The maximum absolute atomic E-state index is 15.0. The van der Waals surface area contributed by atoms with Crippen LogP contribution in [-0.2, 0) is 19.6 Å². The Bertz CT molecular complexity index is 1330. The summed E-state index contributed by atoms with van der Waals surface area (Å²) in [5, 5.41) is 15.6. The van der Waals surface area contributed by atoms with Gasteiger partial charge in [-0.2, -0.15) is 0 Å². The summed E-state index contributed by atoms with van der Waals surface area (Å²) < 4.78 is 15.0. The molecule has 42 heavy (non-hydrogen) atoms. The van der Waals surface area contributed by atoms with Crippen LogP contribution in [0, 0.1) is 5.82 Å². The van der Waals surface area contributed by atoms with Gasteiger partial charge >= 0.3 is 0 Å². The largest absolute Gasteiger partial charge is 0.396 e. The number of piperazine rings is 2. The van der Waals surface area contributed by atoms with Gasteiger partial charge in [0, 0.05) is 95.8 Å². The summed E-state index contributed by atoms with van der Waals surface area (Å²) in [6.45, 7) is 12.3. The predicted octanol–water partition coefficient (Wildman–Crippen LogP) is 3.72. The van der Waals surface area contributed by atoms with Crippen LogP contribution in [0.1, 0.15) is 40.4 Å². The molecule has 3 aromatic rings. The van der Waals surface area contributed by atoms with Crippen molar-refractivity contribution in [3.8, 4) is 11.1 Å². The van der Waals surface area contributed by atoms with E-state index in [-0.39, 0.29) is 18.3 Å². The second-order valence-corrected chi connectivity index (χ2v) is 11.7. The number of hydrogen-bond acceptors (Lipinski definition) is 6. The minimum Gasteiger partial charge on any atom is -0.396 e. The van der Waals surface area contributed by atoms with Crippen molar-refractivity contribution >= 4 is 5.91 Å². The molecule has 0 unspecified atom stereocenters.